The highest BCUT2D eigenvalue weighted by molar-refractivity contribution is 6.31. The van der Waals surface area contributed by atoms with Crippen molar-refractivity contribution in [2.75, 3.05) is 66.6 Å². The van der Waals surface area contributed by atoms with Gasteiger partial charge in [-0.25, -0.2) is 39.1 Å². The molecule has 14 heterocycles. The fourth-order valence-corrected chi connectivity index (χ4v) is 13.1. The standard InChI is InChI=1S/C20H14Cl2N4O.C18H22N6O.C16H17N5O2.C15H15N5O2.C14H12ClN5O2/c21-16-5-1-3-14(11-16)7-8-18-23-24-19-13-25(9-10-26(18)19)20(27)15-4-2-6-17(22)12-15;1-4-22(5-2)18(25)23-11-12-24-16(20-21-17(24)13-23)10-9-15-8-6-7-14(3)19-15;1-3-23-16(22)20-9-10-21-14(18-19-15(21)11-20)8-7-13-6-4-5-12(2)17-13;1-11-4-3-5-12(16-11)6-7-13-17-18-14-10-19(15(21)22-2)8-9-20(13)14;1-22-14(21)19-6-7-20-12(17-18-13(20)9-19)3-2-11-8-10(15)4-5-16-11/h1-6,11-12H,9-10,13H2;6-8H,4-5,11-13H2,1-3H3;4-6H,3,9-11H2,1-2H3;3-5H,8-10H2,1-2H3;4-5,8H,6-7,9H2,1H3. The minimum absolute atomic E-state index is 0.0517. The van der Waals surface area contributed by atoms with Gasteiger partial charge in [0, 0.05) is 128 Å². The zero-order valence-corrected chi connectivity index (χ0v) is 68.6. The molecule has 5 aliphatic rings. The maximum atomic E-state index is 12.7. The van der Waals surface area contributed by atoms with E-state index in [1.807, 2.05) is 134 Å². The molecule has 2 aromatic carbocycles. The summed E-state index contributed by atoms with van der Waals surface area (Å²) < 4.78 is 24.1. The third-order valence-electron chi connectivity index (χ3n) is 18.6. The summed E-state index contributed by atoms with van der Waals surface area (Å²) in [5.74, 6) is 36.5. The Hall–Kier alpha value is -14.0. The Labute approximate surface area is 701 Å². The minimum Gasteiger partial charge on any atom is -0.453 e. The number of halogens is 3. The summed E-state index contributed by atoms with van der Waals surface area (Å²) in [5.41, 5.74) is 6.83. The molecule has 606 valence electrons. The zero-order chi connectivity index (χ0) is 83.9. The first-order chi connectivity index (χ1) is 57.7. The van der Waals surface area contributed by atoms with Crippen LogP contribution in [0, 0.1) is 80.0 Å². The van der Waals surface area contributed by atoms with Crippen molar-refractivity contribution < 1.29 is 38.2 Å². The van der Waals surface area contributed by atoms with Gasteiger partial charge in [0.1, 0.15) is 22.8 Å². The number of rotatable bonds is 4. The summed E-state index contributed by atoms with van der Waals surface area (Å²) in [7, 11) is 2.73. The lowest BCUT2D eigenvalue weighted by Gasteiger charge is -2.32. The lowest BCUT2D eigenvalue weighted by Crippen LogP contribution is -2.46. The lowest BCUT2D eigenvalue weighted by atomic mass is 10.2. The zero-order valence-electron chi connectivity index (χ0n) is 66.4. The number of carbonyl (C=O) groups is 5. The molecule has 5 aliphatic heterocycles. The van der Waals surface area contributed by atoms with Crippen molar-refractivity contribution in [3.05, 3.63) is 246 Å². The van der Waals surface area contributed by atoms with Crippen LogP contribution >= 0.6 is 34.8 Å². The maximum absolute atomic E-state index is 12.7. The van der Waals surface area contributed by atoms with Gasteiger partial charge in [-0.1, -0.05) is 71.1 Å². The Balaban J connectivity index is 0.000000137. The van der Waals surface area contributed by atoms with Gasteiger partial charge in [-0.3, -0.25) is 19.5 Å². The average Bonchev–Trinajstić information content (AvgIpc) is 1.70. The largest absolute Gasteiger partial charge is 0.453 e. The number of fused-ring (bicyclic) bond motifs is 5. The number of methoxy groups -OCH3 is 2. The SMILES string of the molecule is CCN(CC)C(=O)N1CCn2c(C#Cc3cccc(C)n3)nnc2C1.CCOC(=O)N1CCn2c(C#Cc3cccc(C)n3)nnc2C1.COC(=O)N1CCn2c(C#Cc3cc(Cl)ccn3)nnc2C1.COC(=O)N1CCn2c(C#Cc3cccc(C)n3)nnc2C1.O=C(c1cccc(Cl)c1)N1CCn2c(C#Cc3cccc(Cl)c3)nnc2C1. The van der Waals surface area contributed by atoms with Crippen LogP contribution in [0.25, 0.3) is 0 Å². The molecule has 0 aliphatic carbocycles. The van der Waals surface area contributed by atoms with Crippen LogP contribution in [0.3, 0.4) is 0 Å². The fraction of sp³-hybridized carbons (Fsp3) is 0.313. The molecule has 0 bridgehead atoms. The summed E-state index contributed by atoms with van der Waals surface area (Å²) in [6, 6.07) is 34.8. The highest BCUT2D eigenvalue weighted by Crippen LogP contribution is 2.22. The monoisotopic (exact) mass is 1660 g/mol. The van der Waals surface area contributed by atoms with E-state index in [0.29, 0.717) is 214 Å². The summed E-state index contributed by atoms with van der Waals surface area (Å²) in [6.07, 6.45) is 0.550. The number of aryl methyl sites for hydroxylation is 3. The molecule has 0 spiro atoms. The summed E-state index contributed by atoms with van der Waals surface area (Å²) in [6.45, 7) is 21.2. The van der Waals surface area contributed by atoms with Crippen molar-refractivity contribution in [2.24, 2.45) is 0 Å². The number of amides is 6. The predicted molar refractivity (Wildman–Crippen MR) is 436 cm³/mol. The number of benzene rings is 2. The molecule has 16 rings (SSSR count). The average molecular weight is 1660 g/mol. The van der Waals surface area contributed by atoms with Crippen LogP contribution in [-0.2, 0) is 79.7 Å². The second-order valence-electron chi connectivity index (χ2n) is 26.6. The first-order valence-corrected chi connectivity index (χ1v) is 38.9. The van der Waals surface area contributed by atoms with E-state index in [-0.39, 0.29) is 30.2 Å². The van der Waals surface area contributed by atoms with Gasteiger partial charge in [-0.05, 0) is 180 Å². The molecule has 6 amide bonds. The number of hydrogen-bond donors (Lipinski definition) is 0. The molecule has 36 heteroatoms. The van der Waals surface area contributed by atoms with Crippen molar-refractivity contribution in [2.45, 2.75) is 107 Å². The second-order valence-corrected chi connectivity index (χ2v) is 27.9. The van der Waals surface area contributed by atoms with Crippen LogP contribution < -0.4 is 0 Å². The number of hydrogen-bond acceptors (Lipinski definition) is 22. The van der Waals surface area contributed by atoms with Gasteiger partial charge in [0.2, 0.25) is 29.1 Å². The van der Waals surface area contributed by atoms with Crippen LogP contribution in [0.1, 0.15) is 135 Å². The van der Waals surface area contributed by atoms with E-state index in [1.54, 1.807) is 81.3 Å². The molecule has 0 saturated carbocycles. The quantitative estimate of drug-likeness (QED) is 0.117. The Morgan fingerprint density at radius 2 is 0.731 bits per heavy atom. The van der Waals surface area contributed by atoms with E-state index < -0.39 is 0 Å². The van der Waals surface area contributed by atoms with Crippen LogP contribution in [0.5, 0.6) is 0 Å². The Morgan fingerprint density at radius 1 is 0.378 bits per heavy atom. The van der Waals surface area contributed by atoms with Crippen molar-refractivity contribution in [3.8, 4) is 59.2 Å². The van der Waals surface area contributed by atoms with Crippen molar-refractivity contribution in [1.82, 2.24) is 123 Å². The first kappa shape index (κ1) is 84.4. The van der Waals surface area contributed by atoms with Gasteiger partial charge < -0.3 is 51.7 Å². The molecule has 33 nitrogen and oxygen atoms in total. The number of carbonyl (C=O) groups excluding carboxylic acids is 5. The molecule has 0 unspecified atom stereocenters. The molecule has 0 saturated heterocycles. The molecular formula is C83H80Cl3N25O8. The number of nitrogens with zero attached hydrogens (tertiary/aromatic N) is 25. The maximum Gasteiger partial charge on any atom is 0.410 e. The molecule has 0 N–H and O–H groups in total. The number of ether oxygens (including phenoxy) is 3. The highest BCUT2D eigenvalue weighted by Gasteiger charge is 2.31. The third-order valence-corrected chi connectivity index (χ3v) is 19.3. The molecule has 0 fully saturated rings. The van der Waals surface area contributed by atoms with Crippen LogP contribution in [0.2, 0.25) is 15.1 Å². The predicted octanol–water partition coefficient (Wildman–Crippen LogP) is 8.92. The molecule has 11 aromatic rings. The van der Waals surface area contributed by atoms with E-state index >= 15 is 0 Å². The van der Waals surface area contributed by atoms with Gasteiger partial charge >= 0.3 is 24.3 Å². The summed E-state index contributed by atoms with van der Waals surface area (Å²) >= 11 is 17.9. The van der Waals surface area contributed by atoms with Gasteiger partial charge in [-0.2, -0.15) is 0 Å². The van der Waals surface area contributed by atoms with Crippen molar-refractivity contribution >= 4 is 65.0 Å². The lowest BCUT2D eigenvalue weighted by molar-refractivity contribution is 0.0706. The van der Waals surface area contributed by atoms with Crippen LogP contribution in [0.4, 0.5) is 19.2 Å². The Morgan fingerprint density at radius 3 is 1.12 bits per heavy atom. The van der Waals surface area contributed by atoms with E-state index in [4.69, 9.17) is 49.0 Å². The highest BCUT2D eigenvalue weighted by atomic mass is 35.5. The van der Waals surface area contributed by atoms with Gasteiger partial charge in [0.25, 0.3) is 5.91 Å². The molecular weight excluding hydrogens is 1580 g/mol. The number of pyridine rings is 4. The summed E-state index contributed by atoms with van der Waals surface area (Å²) in [4.78, 5) is 87.3. The third kappa shape index (κ3) is 22.3. The van der Waals surface area contributed by atoms with Crippen LogP contribution in [0.15, 0.2) is 121 Å². The molecule has 0 atom stereocenters. The van der Waals surface area contributed by atoms with E-state index in [1.165, 1.54) is 14.2 Å². The molecule has 9 aromatic heterocycles. The van der Waals surface area contributed by atoms with Gasteiger partial charge in [-0.15, -0.1) is 51.0 Å². The van der Waals surface area contributed by atoms with Gasteiger partial charge in [0.05, 0.1) is 53.6 Å². The number of aromatic nitrogens is 19. The Bertz CT molecular complexity index is 5760. The van der Waals surface area contributed by atoms with Crippen LogP contribution in [-0.4, -0.2) is 220 Å². The van der Waals surface area contributed by atoms with Crippen molar-refractivity contribution in [1.29, 1.82) is 0 Å². The topological polar surface area (TPSA) is 338 Å². The fourth-order valence-electron chi connectivity index (χ4n) is 12.5. The minimum atomic E-state index is -0.370. The Kier molecular flexibility index (Phi) is 28.7. The molecule has 119 heavy (non-hydrogen) atoms. The van der Waals surface area contributed by atoms with Crippen molar-refractivity contribution in [3.63, 3.8) is 0 Å². The van der Waals surface area contributed by atoms with Gasteiger partial charge in [0.15, 0.2) is 29.1 Å². The second kappa shape index (κ2) is 40.5. The smallest absolute Gasteiger partial charge is 0.410 e. The van der Waals surface area contributed by atoms with E-state index in [9.17, 15) is 24.0 Å². The normalized spacial score (nSPS) is 13.0. The molecule has 0 radical (unpaired) electrons. The number of urea groups is 1. The first-order valence-electron chi connectivity index (χ1n) is 37.8. The summed E-state index contributed by atoms with van der Waals surface area (Å²) in [5, 5.41) is 43.0. The van der Waals surface area contributed by atoms with E-state index in [2.05, 4.69) is 130 Å². The van der Waals surface area contributed by atoms with E-state index in [0.717, 1.165) is 28.5 Å².